The standard InChI is InChI=1S/C15H17BrN2O4/c1-9-12(14(19)22-8-7-21-2)13(18-15(20)17-9)10-3-5-11(16)6-4-10/h3-6,13H,7-8H2,1-2H3,(H2,17,18,20)/t13-/m1/s1. The number of rotatable bonds is 5. The van der Waals surface area contributed by atoms with E-state index in [4.69, 9.17) is 9.47 Å². The van der Waals surface area contributed by atoms with E-state index in [0.717, 1.165) is 10.0 Å². The summed E-state index contributed by atoms with van der Waals surface area (Å²) in [4.78, 5) is 24.0. The molecule has 22 heavy (non-hydrogen) atoms. The van der Waals surface area contributed by atoms with Crippen molar-refractivity contribution in [2.45, 2.75) is 13.0 Å². The molecule has 0 saturated carbocycles. The van der Waals surface area contributed by atoms with Crippen molar-refractivity contribution in [3.8, 4) is 0 Å². The second kappa shape index (κ2) is 7.42. The van der Waals surface area contributed by atoms with E-state index in [1.807, 2.05) is 24.3 Å². The Balaban J connectivity index is 2.28. The minimum atomic E-state index is -0.545. The molecule has 0 aliphatic carbocycles. The average molecular weight is 369 g/mol. The first-order chi connectivity index (χ1) is 10.5. The van der Waals surface area contributed by atoms with Crippen LogP contribution in [0.2, 0.25) is 0 Å². The van der Waals surface area contributed by atoms with Crippen molar-refractivity contribution in [3.05, 3.63) is 45.6 Å². The van der Waals surface area contributed by atoms with Gasteiger partial charge in [-0.1, -0.05) is 28.1 Å². The fourth-order valence-electron chi connectivity index (χ4n) is 2.17. The van der Waals surface area contributed by atoms with Crippen LogP contribution in [0, 0.1) is 0 Å². The Bertz CT molecular complexity index is 598. The van der Waals surface area contributed by atoms with Crippen LogP contribution in [0.25, 0.3) is 0 Å². The Morgan fingerprint density at radius 2 is 1.95 bits per heavy atom. The molecule has 7 heteroatoms. The van der Waals surface area contributed by atoms with Gasteiger partial charge in [-0.25, -0.2) is 9.59 Å². The summed E-state index contributed by atoms with van der Waals surface area (Å²) in [6.45, 7) is 2.16. The molecule has 0 unspecified atom stereocenters. The summed E-state index contributed by atoms with van der Waals surface area (Å²) in [6, 6.07) is 6.50. The predicted octanol–water partition coefficient (Wildman–Crippen LogP) is 2.27. The van der Waals surface area contributed by atoms with E-state index >= 15 is 0 Å². The van der Waals surface area contributed by atoms with Crippen LogP contribution in [-0.2, 0) is 14.3 Å². The number of hydrogen-bond acceptors (Lipinski definition) is 4. The SMILES string of the molecule is COCCOC(=O)C1=C(C)NC(=O)N[C@@H]1c1ccc(Br)cc1. The van der Waals surface area contributed by atoms with Crippen molar-refractivity contribution >= 4 is 27.9 Å². The number of urea groups is 1. The van der Waals surface area contributed by atoms with Crippen molar-refractivity contribution in [3.63, 3.8) is 0 Å². The molecule has 118 valence electrons. The van der Waals surface area contributed by atoms with Gasteiger partial charge in [-0.3, -0.25) is 0 Å². The van der Waals surface area contributed by atoms with Crippen molar-refractivity contribution < 1.29 is 19.1 Å². The molecular formula is C15H17BrN2O4. The fraction of sp³-hybridized carbons (Fsp3) is 0.333. The maximum atomic E-state index is 12.3. The molecule has 0 spiro atoms. The van der Waals surface area contributed by atoms with Gasteiger partial charge in [0.25, 0.3) is 0 Å². The van der Waals surface area contributed by atoms with Gasteiger partial charge in [-0.15, -0.1) is 0 Å². The van der Waals surface area contributed by atoms with Gasteiger partial charge in [0.15, 0.2) is 0 Å². The molecule has 0 radical (unpaired) electrons. The molecule has 6 nitrogen and oxygen atoms in total. The molecule has 1 aromatic rings. The van der Waals surface area contributed by atoms with E-state index in [0.29, 0.717) is 17.9 Å². The molecule has 2 amide bonds. The molecule has 1 heterocycles. The highest BCUT2D eigenvalue weighted by molar-refractivity contribution is 9.10. The minimum absolute atomic E-state index is 0.160. The highest BCUT2D eigenvalue weighted by atomic mass is 79.9. The van der Waals surface area contributed by atoms with E-state index in [9.17, 15) is 9.59 Å². The van der Waals surface area contributed by atoms with Crippen molar-refractivity contribution in [2.75, 3.05) is 20.3 Å². The summed E-state index contributed by atoms with van der Waals surface area (Å²) in [5, 5.41) is 5.35. The number of nitrogens with one attached hydrogen (secondary N) is 2. The van der Waals surface area contributed by atoms with E-state index in [1.54, 1.807) is 6.92 Å². The van der Waals surface area contributed by atoms with Gasteiger partial charge in [0.05, 0.1) is 18.2 Å². The number of hydrogen-bond donors (Lipinski definition) is 2. The fourth-order valence-corrected chi connectivity index (χ4v) is 2.43. The molecule has 2 N–H and O–H groups in total. The first-order valence-electron chi connectivity index (χ1n) is 6.72. The second-order valence-corrected chi connectivity index (χ2v) is 5.67. The lowest BCUT2D eigenvalue weighted by molar-refractivity contribution is -0.140. The Kier molecular flexibility index (Phi) is 5.57. The topological polar surface area (TPSA) is 76.7 Å². The maximum Gasteiger partial charge on any atom is 0.338 e. The van der Waals surface area contributed by atoms with E-state index in [-0.39, 0.29) is 12.6 Å². The number of methoxy groups -OCH3 is 1. The van der Waals surface area contributed by atoms with Crippen LogP contribution in [0.3, 0.4) is 0 Å². The van der Waals surface area contributed by atoms with Gasteiger partial charge in [0.1, 0.15) is 6.61 Å². The highest BCUT2D eigenvalue weighted by Crippen LogP contribution is 2.28. The Labute approximate surface area is 137 Å². The Hall–Kier alpha value is -1.86. The van der Waals surface area contributed by atoms with Crippen molar-refractivity contribution in [1.82, 2.24) is 10.6 Å². The van der Waals surface area contributed by atoms with E-state index in [1.165, 1.54) is 7.11 Å². The molecule has 0 bridgehead atoms. The second-order valence-electron chi connectivity index (χ2n) is 4.75. The number of allylic oxidation sites excluding steroid dienone is 1. The number of ether oxygens (including phenoxy) is 2. The summed E-state index contributed by atoms with van der Waals surface area (Å²) < 4.78 is 11.0. The van der Waals surface area contributed by atoms with Crippen LogP contribution < -0.4 is 10.6 Å². The molecule has 0 saturated heterocycles. The first-order valence-corrected chi connectivity index (χ1v) is 7.52. The van der Waals surface area contributed by atoms with Gasteiger partial charge in [-0.05, 0) is 24.6 Å². The maximum absolute atomic E-state index is 12.3. The predicted molar refractivity (Wildman–Crippen MR) is 84.1 cm³/mol. The Morgan fingerprint density at radius 1 is 1.27 bits per heavy atom. The van der Waals surface area contributed by atoms with Crippen LogP contribution in [0.5, 0.6) is 0 Å². The summed E-state index contributed by atoms with van der Waals surface area (Å²) in [5.74, 6) is -0.477. The Morgan fingerprint density at radius 3 is 2.59 bits per heavy atom. The van der Waals surface area contributed by atoms with Crippen LogP contribution in [-0.4, -0.2) is 32.3 Å². The molecule has 1 aliphatic heterocycles. The summed E-state index contributed by atoms with van der Waals surface area (Å²) in [7, 11) is 1.53. The zero-order valence-corrected chi connectivity index (χ0v) is 13.9. The van der Waals surface area contributed by atoms with Crippen LogP contribution in [0.4, 0.5) is 4.79 Å². The summed E-state index contributed by atoms with van der Waals surface area (Å²) >= 11 is 3.36. The molecule has 2 rings (SSSR count). The number of benzene rings is 1. The minimum Gasteiger partial charge on any atom is -0.460 e. The van der Waals surface area contributed by atoms with Gasteiger partial charge in [-0.2, -0.15) is 0 Å². The smallest absolute Gasteiger partial charge is 0.338 e. The normalized spacial score (nSPS) is 17.8. The average Bonchev–Trinajstić information content (AvgIpc) is 2.47. The molecular weight excluding hydrogens is 352 g/mol. The molecule has 1 aromatic carbocycles. The van der Waals surface area contributed by atoms with Crippen molar-refractivity contribution in [1.29, 1.82) is 0 Å². The number of esters is 1. The summed E-state index contributed by atoms with van der Waals surface area (Å²) in [5.41, 5.74) is 1.67. The summed E-state index contributed by atoms with van der Waals surface area (Å²) in [6.07, 6.45) is 0. The third kappa shape index (κ3) is 3.86. The zero-order valence-electron chi connectivity index (χ0n) is 12.3. The monoisotopic (exact) mass is 368 g/mol. The van der Waals surface area contributed by atoms with Crippen LogP contribution in [0.15, 0.2) is 40.0 Å². The third-order valence-corrected chi connectivity index (χ3v) is 3.74. The van der Waals surface area contributed by atoms with Gasteiger partial charge < -0.3 is 20.1 Å². The number of carbonyl (C=O) groups is 2. The quantitative estimate of drug-likeness (QED) is 0.617. The number of amides is 2. The number of halogens is 1. The highest BCUT2D eigenvalue weighted by Gasteiger charge is 2.32. The lowest BCUT2D eigenvalue weighted by Gasteiger charge is -2.28. The van der Waals surface area contributed by atoms with Gasteiger partial charge in [0, 0.05) is 17.3 Å². The van der Waals surface area contributed by atoms with Crippen LogP contribution in [0.1, 0.15) is 18.5 Å². The molecule has 1 atom stereocenters. The third-order valence-electron chi connectivity index (χ3n) is 3.21. The lowest BCUT2D eigenvalue weighted by Crippen LogP contribution is -2.45. The largest absolute Gasteiger partial charge is 0.460 e. The van der Waals surface area contributed by atoms with Crippen molar-refractivity contribution in [2.24, 2.45) is 0 Å². The first kappa shape index (κ1) is 16.5. The van der Waals surface area contributed by atoms with E-state index < -0.39 is 12.0 Å². The van der Waals surface area contributed by atoms with E-state index in [2.05, 4.69) is 26.6 Å². The molecule has 0 aromatic heterocycles. The number of carbonyl (C=O) groups excluding carboxylic acids is 2. The van der Waals surface area contributed by atoms with Gasteiger partial charge >= 0.3 is 12.0 Å². The molecule has 0 fully saturated rings. The van der Waals surface area contributed by atoms with Crippen LogP contribution >= 0.6 is 15.9 Å². The van der Waals surface area contributed by atoms with Gasteiger partial charge in [0.2, 0.25) is 0 Å². The molecule has 1 aliphatic rings. The zero-order chi connectivity index (χ0) is 16.1. The lowest BCUT2D eigenvalue weighted by atomic mass is 9.96.